The Balaban J connectivity index is 1.73. The Morgan fingerprint density at radius 3 is 2.21 bits per heavy atom. The van der Waals surface area contributed by atoms with Crippen molar-refractivity contribution in [3.05, 3.63) is 102 Å². The van der Waals surface area contributed by atoms with Crippen molar-refractivity contribution in [1.82, 2.24) is 9.88 Å². The van der Waals surface area contributed by atoms with Gasteiger partial charge in [-0.2, -0.15) is 0 Å². The smallest absolute Gasteiger partial charge is 0.227 e. The second kappa shape index (κ2) is 8.27. The van der Waals surface area contributed by atoms with Gasteiger partial charge in [0.1, 0.15) is 0 Å². The minimum Gasteiger partial charge on any atom is -0.341 e. The van der Waals surface area contributed by atoms with Gasteiger partial charge >= 0.3 is 0 Å². The predicted molar refractivity (Wildman–Crippen MR) is 119 cm³/mol. The topological polar surface area (TPSA) is 33.2 Å². The van der Waals surface area contributed by atoms with Crippen LogP contribution in [-0.2, 0) is 17.8 Å². The average Bonchev–Trinajstić information content (AvgIpc) is 2.75. The van der Waals surface area contributed by atoms with E-state index in [0.717, 1.165) is 38.9 Å². The summed E-state index contributed by atoms with van der Waals surface area (Å²) < 4.78 is 0. The zero-order chi connectivity index (χ0) is 20.2. The van der Waals surface area contributed by atoms with E-state index in [-0.39, 0.29) is 5.91 Å². The van der Waals surface area contributed by atoms with Gasteiger partial charge in [-0.3, -0.25) is 9.78 Å². The van der Waals surface area contributed by atoms with Crippen LogP contribution < -0.4 is 0 Å². The van der Waals surface area contributed by atoms with Crippen LogP contribution in [0.2, 0.25) is 0 Å². The number of benzene rings is 3. The highest BCUT2D eigenvalue weighted by Crippen LogP contribution is 2.33. The lowest BCUT2D eigenvalue weighted by atomic mass is 9.92. The van der Waals surface area contributed by atoms with E-state index in [9.17, 15) is 4.79 Å². The molecule has 1 amide bonds. The van der Waals surface area contributed by atoms with E-state index in [4.69, 9.17) is 4.98 Å². The molecule has 1 heterocycles. The number of aryl methyl sites for hydroxylation is 1. The second-order valence-electron chi connectivity index (χ2n) is 7.35. The van der Waals surface area contributed by atoms with Crippen LogP contribution >= 0.6 is 0 Å². The third-order valence-corrected chi connectivity index (χ3v) is 5.28. The van der Waals surface area contributed by atoms with Gasteiger partial charge in [0, 0.05) is 24.7 Å². The minimum absolute atomic E-state index is 0.0891. The number of nitrogens with zero attached hydrogens (tertiary/aromatic N) is 2. The molecule has 0 aliphatic rings. The molecule has 0 radical (unpaired) electrons. The molecular weight excluding hydrogens is 356 g/mol. The van der Waals surface area contributed by atoms with Gasteiger partial charge in [-0.05, 0) is 35.2 Å². The highest BCUT2D eigenvalue weighted by Gasteiger charge is 2.19. The highest BCUT2D eigenvalue weighted by atomic mass is 16.2. The first-order valence-corrected chi connectivity index (χ1v) is 9.85. The standard InChI is InChI=1S/C26H24N2O/c1-19-23(17-25(29)28(2)18-20-11-5-3-6-12-20)26(21-13-7-4-8-14-21)22-15-9-10-16-24(22)27-19/h3-16H,17-18H2,1-2H3. The fraction of sp³-hybridized carbons (Fsp3) is 0.154. The number of amides is 1. The normalized spacial score (nSPS) is 10.8. The zero-order valence-electron chi connectivity index (χ0n) is 16.8. The fourth-order valence-corrected chi connectivity index (χ4v) is 3.76. The van der Waals surface area contributed by atoms with E-state index < -0.39 is 0 Å². The molecule has 4 rings (SSSR count). The van der Waals surface area contributed by atoms with Gasteiger partial charge in [-0.15, -0.1) is 0 Å². The summed E-state index contributed by atoms with van der Waals surface area (Å²) in [6, 6.07) is 28.5. The molecule has 0 atom stereocenters. The number of likely N-dealkylation sites (N-methyl/N-ethyl adjacent to an activating group) is 1. The van der Waals surface area contributed by atoms with Crippen LogP contribution in [0.4, 0.5) is 0 Å². The Morgan fingerprint density at radius 1 is 0.862 bits per heavy atom. The third-order valence-electron chi connectivity index (χ3n) is 5.28. The summed E-state index contributed by atoms with van der Waals surface area (Å²) in [7, 11) is 1.86. The molecular formula is C26H24N2O. The number of hydrogen-bond acceptors (Lipinski definition) is 2. The first kappa shape index (κ1) is 18.9. The van der Waals surface area contributed by atoms with E-state index in [2.05, 4.69) is 18.2 Å². The predicted octanol–water partition coefficient (Wildman–Crippen LogP) is 5.41. The molecule has 0 saturated carbocycles. The van der Waals surface area contributed by atoms with Gasteiger partial charge in [-0.25, -0.2) is 0 Å². The molecule has 0 aliphatic carbocycles. The quantitative estimate of drug-likeness (QED) is 0.464. The second-order valence-corrected chi connectivity index (χ2v) is 7.35. The first-order valence-electron chi connectivity index (χ1n) is 9.85. The maximum Gasteiger partial charge on any atom is 0.227 e. The maximum atomic E-state index is 13.1. The van der Waals surface area contributed by atoms with Crippen LogP contribution in [0.3, 0.4) is 0 Å². The maximum absolute atomic E-state index is 13.1. The number of rotatable bonds is 5. The van der Waals surface area contributed by atoms with Crippen molar-refractivity contribution in [2.24, 2.45) is 0 Å². The van der Waals surface area contributed by atoms with Crippen LogP contribution in [0.5, 0.6) is 0 Å². The number of aromatic nitrogens is 1. The molecule has 0 unspecified atom stereocenters. The highest BCUT2D eigenvalue weighted by molar-refractivity contribution is 5.98. The Kier molecular flexibility index (Phi) is 5.39. The van der Waals surface area contributed by atoms with Crippen molar-refractivity contribution < 1.29 is 4.79 Å². The summed E-state index contributed by atoms with van der Waals surface area (Å²) in [4.78, 5) is 19.7. The molecule has 144 valence electrons. The Hall–Kier alpha value is -3.46. The van der Waals surface area contributed by atoms with Gasteiger partial charge in [0.05, 0.1) is 11.9 Å². The van der Waals surface area contributed by atoms with Crippen LogP contribution in [0.25, 0.3) is 22.0 Å². The summed E-state index contributed by atoms with van der Waals surface area (Å²) >= 11 is 0. The molecule has 1 aromatic heterocycles. The minimum atomic E-state index is 0.0891. The van der Waals surface area contributed by atoms with Crippen molar-refractivity contribution in [2.75, 3.05) is 7.05 Å². The van der Waals surface area contributed by atoms with E-state index in [1.165, 1.54) is 0 Å². The summed E-state index contributed by atoms with van der Waals surface area (Å²) in [5.41, 5.74) is 6.21. The molecule has 0 fully saturated rings. The van der Waals surface area contributed by atoms with E-state index in [1.54, 1.807) is 4.90 Å². The number of para-hydroxylation sites is 1. The van der Waals surface area contributed by atoms with Crippen LogP contribution in [0.15, 0.2) is 84.9 Å². The van der Waals surface area contributed by atoms with Gasteiger partial charge in [0.2, 0.25) is 5.91 Å². The molecule has 0 N–H and O–H groups in total. The number of pyridine rings is 1. The van der Waals surface area contributed by atoms with Crippen LogP contribution in [-0.4, -0.2) is 22.8 Å². The van der Waals surface area contributed by atoms with Crippen LogP contribution in [0.1, 0.15) is 16.8 Å². The first-order chi connectivity index (χ1) is 14.1. The zero-order valence-corrected chi connectivity index (χ0v) is 16.8. The molecule has 0 spiro atoms. The number of hydrogen-bond donors (Lipinski definition) is 0. The van der Waals surface area contributed by atoms with Gasteiger partial charge in [0.25, 0.3) is 0 Å². The third kappa shape index (κ3) is 4.04. The Morgan fingerprint density at radius 2 is 1.48 bits per heavy atom. The van der Waals surface area contributed by atoms with Crippen molar-refractivity contribution in [1.29, 1.82) is 0 Å². The van der Waals surface area contributed by atoms with Gasteiger partial charge < -0.3 is 4.90 Å². The lowest BCUT2D eigenvalue weighted by Crippen LogP contribution is -2.28. The number of carbonyl (C=O) groups is 1. The van der Waals surface area contributed by atoms with Crippen molar-refractivity contribution >= 4 is 16.8 Å². The summed E-state index contributed by atoms with van der Waals surface area (Å²) in [6.07, 6.45) is 0.331. The summed E-state index contributed by atoms with van der Waals surface area (Å²) in [5.74, 6) is 0.0891. The summed E-state index contributed by atoms with van der Waals surface area (Å²) in [6.45, 7) is 2.60. The van der Waals surface area contributed by atoms with Crippen molar-refractivity contribution in [2.45, 2.75) is 19.9 Å². The lowest BCUT2D eigenvalue weighted by Gasteiger charge is -2.20. The Labute approximate surface area is 171 Å². The molecule has 0 bridgehead atoms. The largest absolute Gasteiger partial charge is 0.341 e. The van der Waals surface area contributed by atoms with Gasteiger partial charge in [0.15, 0.2) is 0 Å². The molecule has 3 nitrogen and oxygen atoms in total. The lowest BCUT2D eigenvalue weighted by molar-refractivity contribution is -0.129. The van der Waals surface area contributed by atoms with E-state index >= 15 is 0 Å². The van der Waals surface area contributed by atoms with E-state index in [0.29, 0.717) is 13.0 Å². The molecule has 3 heteroatoms. The molecule has 4 aromatic rings. The molecule has 0 saturated heterocycles. The number of carbonyl (C=O) groups excluding carboxylic acids is 1. The average molecular weight is 380 g/mol. The van der Waals surface area contributed by atoms with Crippen LogP contribution in [0, 0.1) is 6.92 Å². The Bertz CT molecular complexity index is 1140. The SMILES string of the molecule is Cc1nc2ccccc2c(-c2ccccc2)c1CC(=O)N(C)Cc1ccccc1. The number of fused-ring (bicyclic) bond motifs is 1. The molecule has 0 aliphatic heterocycles. The monoisotopic (exact) mass is 380 g/mol. The van der Waals surface area contributed by atoms with Gasteiger partial charge in [-0.1, -0.05) is 78.9 Å². The van der Waals surface area contributed by atoms with E-state index in [1.807, 2.05) is 80.7 Å². The molecule has 29 heavy (non-hydrogen) atoms. The fourth-order valence-electron chi connectivity index (χ4n) is 3.76. The molecule has 3 aromatic carbocycles. The van der Waals surface area contributed by atoms with Crippen molar-refractivity contribution in [3.8, 4) is 11.1 Å². The van der Waals surface area contributed by atoms with Crippen molar-refractivity contribution in [3.63, 3.8) is 0 Å². The summed E-state index contributed by atoms with van der Waals surface area (Å²) in [5, 5.41) is 1.08.